The Morgan fingerprint density at radius 2 is 1.83 bits per heavy atom. The Morgan fingerprint density at radius 1 is 1.17 bits per heavy atom. The quantitative estimate of drug-likeness (QED) is 0.658. The molecule has 0 atom stereocenters. The Labute approximate surface area is 141 Å². The molecule has 23 heavy (non-hydrogen) atoms. The maximum atomic E-state index is 11.7. The van der Waals surface area contributed by atoms with Crippen LogP contribution in [0.15, 0.2) is 6.07 Å². The summed E-state index contributed by atoms with van der Waals surface area (Å²) in [7, 11) is -3.16. The predicted molar refractivity (Wildman–Crippen MR) is 102 cm³/mol. The smallest absolute Gasteiger partial charge is 0.221 e. The van der Waals surface area contributed by atoms with Crippen LogP contribution in [0.2, 0.25) is 39.3 Å². The lowest BCUT2D eigenvalue weighted by molar-refractivity contribution is -0.114. The summed E-state index contributed by atoms with van der Waals surface area (Å²) < 4.78 is 5.66. The molecule has 1 aliphatic heterocycles. The van der Waals surface area contributed by atoms with Gasteiger partial charge in [-0.25, -0.2) is 0 Å². The zero-order valence-electron chi connectivity index (χ0n) is 15.3. The molecule has 3 nitrogen and oxygen atoms in total. The van der Waals surface area contributed by atoms with Gasteiger partial charge in [0.25, 0.3) is 0 Å². The Bertz CT molecular complexity index is 701. The zero-order valence-corrected chi connectivity index (χ0v) is 17.3. The van der Waals surface area contributed by atoms with Gasteiger partial charge in [-0.2, -0.15) is 0 Å². The number of rotatable bonds is 2. The van der Waals surface area contributed by atoms with E-state index in [4.69, 9.17) is 4.74 Å². The Balaban J connectivity index is 2.76. The van der Waals surface area contributed by atoms with Gasteiger partial charge >= 0.3 is 0 Å². The van der Waals surface area contributed by atoms with Crippen LogP contribution in [0.3, 0.4) is 0 Å². The normalized spacial score (nSPS) is 14.0. The van der Waals surface area contributed by atoms with Gasteiger partial charge in [0.1, 0.15) is 8.07 Å². The van der Waals surface area contributed by atoms with E-state index in [0.717, 1.165) is 16.8 Å². The lowest BCUT2D eigenvalue weighted by atomic mass is 10.0. The average molecular weight is 346 g/mol. The van der Waals surface area contributed by atoms with E-state index in [-0.39, 0.29) is 5.91 Å². The van der Waals surface area contributed by atoms with E-state index in [2.05, 4.69) is 62.1 Å². The molecule has 0 aliphatic carbocycles. The molecular weight excluding hydrogens is 318 g/mol. The van der Waals surface area contributed by atoms with E-state index < -0.39 is 16.1 Å². The molecule has 1 N–H and O–H groups in total. The number of hydrogen-bond acceptors (Lipinski definition) is 2. The van der Waals surface area contributed by atoms with Gasteiger partial charge in [-0.1, -0.05) is 45.2 Å². The number of ether oxygens (including phenoxy) is 1. The van der Waals surface area contributed by atoms with Crippen LogP contribution in [0.1, 0.15) is 23.6 Å². The molecule has 0 saturated heterocycles. The molecule has 1 heterocycles. The third-order valence-corrected chi connectivity index (χ3v) is 6.55. The molecule has 0 unspecified atom stereocenters. The van der Waals surface area contributed by atoms with Crippen LogP contribution < -0.4 is 10.5 Å². The standard InChI is InChI=1S/C18H27NO2Si2/c1-13(20)19-17-10-14-11-21-12-16(14)15(8-9-22(2,3)4)18(17)23(5,6)7/h10H,11-12H2,1-7H3,(H,19,20). The molecule has 124 valence electrons. The summed E-state index contributed by atoms with van der Waals surface area (Å²) in [6.07, 6.45) is 0. The van der Waals surface area contributed by atoms with Gasteiger partial charge in [-0.15, -0.1) is 5.54 Å². The fraction of sp³-hybridized carbons (Fsp3) is 0.500. The van der Waals surface area contributed by atoms with Gasteiger partial charge in [-0.3, -0.25) is 4.79 Å². The highest BCUT2D eigenvalue weighted by Crippen LogP contribution is 2.28. The van der Waals surface area contributed by atoms with E-state index in [0.29, 0.717) is 13.2 Å². The minimum Gasteiger partial charge on any atom is -0.372 e. The number of anilines is 1. The Kier molecular flexibility index (Phi) is 4.90. The average Bonchev–Trinajstić information content (AvgIpc) is 2.79. The minimum absolute atomic E-state index is 0.0347. The summed E-state index contributed by atoms with van der Waals surface area (Å²) in [5.74, 6) is 3.45. The molecule has 1 aliphatic rings. The monoisotopic (exact) mass is 345 g/mol. The van der Waals surface area contributed by atoms with Crippen molar-refractivity contribution in [2.24, 2.45) is 0 Å². The van der Waals surface area contributed by atoms with E-state index in [1.807, 2.05) is 0 Å². The van der Waals surface area contributed by atoms with Crippen molar-refractivity contribution in [3.05, 3.63) is 22.8 Å². The summed E-state index contributed by atoms with van der Waals surface area (Å²) in [4.78, 5) is 11.7. The second-order valence-corrected chi connectivity index (χ2v) is 18.0. The van der Waals surface area contributed by atoms with Crippen LogP contribution in [-0.4, -0.2) is 22.1 Å². The third-order valence-electron chi connectivity index (χ3n) is 3.65. The topological polar surface area (TPSA) is 38.3 Å². The van der Waals surface area contributed by atoms with Crippen LogP contribution in [0.5, 0.6) is 0 Å². The largest absolute Gasteiger partial charge is 0.372 e. The number of nitrogens with one attached hydrogen (secondary N) is 1. The first-order valence-electron chi connectivity index (χ1n) is 8.07. The second kappa shape index (κ2) is 6.27. The number of amides is 1. The first-order chi connectivity index (χ1) is 10.5. The van der Waals surface area contributed by atoms with Crippen LogP contribution in [0.25, 0.3) is 0 Å². The third kappa shape index (κ3) is 4.34. The van der Waals surface area contributed by atoms with Gasteiger partial charge in [0, 0.05) is 18.2 Å². The van der Waals surface area contributed by atoms with Crippen molar-refractivity contribution in [2.75, 3.05) is 5.32 Å². The van der Waals surface area contributed by atoms with Gasteiger partial charge in [-0.05, 0) is 22.4 Å². The van der Waals surface area contributed by atoms with E-state index in [9.17, 15) is 4.79 Å². The fourth-order valence-corrected chi connectivity index (χ4v) is 5.20. The number of fused-ring (bicyclic) bond motifs is 1. The molecule has 0 bridgehead atoms. The van der Waals surface area contributed by atoms with Crippen LogP contribution in [0, 0.1) is 11.5 Å². The van der Waals surface area contributed by atoms with E-state index in [1.165, 1.54) is 10.8 Å². The Hall–Kier alpha value is -1.36. The first-order valence-corrected chi connectivity index (χ1v) is 15.1. The molecule has 5 heteroatoms. The SMILES string of the molecule is CC(=O)Nc1cc2c(c(C#C[Si](C)(C)C)c1[Si](C)(C)C)COC2. The molecule has 0 fully saturated rings. The van der Waals surface area contributed by atoms with Gasteiger partial charge in [0.05, 0.1) is 21.3 Å². The molecule has 1 aromatic carbocycles. The van der Waals surface area contributed by atoms with Crippen molar-refractivity contribution >= 4 is 32.9 Å². The highest BCUT2D eigenvalue weighted by atomic mass is 28.3. The molecular formula is C18H27NO2Si2. The number of carbonyl (C=O) groups excluding carboxylic acids is 1. The van der Waals surface area contributed by atoms with Crippen LogP contribution in [0.4, 0.5) is 5.69 Å². The van der Waals surface area contributed by atoms with Crippen molar-refractivity contribution < 1.29 is 9.53 Å². The summed E-state index contributed by atoms with van der Waals surface area (Å²) in [6, 6.07) is 2.09. The summed E-state index contributed by atoms with van der Waals surface area (Å²) in [5.41, 5.74) is 7.94. The van der Waals surface area contributed by atoms with Gasteiger partial charge < -0.3 is 10.1 Å². The first kappa shape index (κ1) is 18.0. The van der Waals surface area contributed by atoms with Crippen LogP contribution in [-0.2, 0) is 22.7 Å². The summed E-state index contributed by atoms with van der Waals surface area (Å²) >= 11 is 0. The molecule has 1 aromatic rings. The summed E-state index contributed by atoms with van der Waals surface area (Å²) in [6.45, 7) is 16.5. The molecule has 0 aromatic heterocycles. The summed E-state index contributed by atoms with van der Waals surface area (Å²) in [5, 5.41) is 4.28. The Morgan fingerprint density at radius 3 is 2.35 bits per heavy atom. The molecule has 0 saturated carbocycles. The molecule has 0 spiro atoms. The highest BCUT2D eigenvalue weighted by Gasteiger charge is 2.29. The van der Waals surface area contributed by atoms with Crippen LogP contribution >= 0.6 is 0 Å². The molecule has 0 radical (unpaired) electrons. The molecule has 2 rings (SSSR count). The lowest BCUT2D eigenvalue weighted by Gasteiger charge is -2.25. The van der Waals surface area contributed by atoms with Crippen molar-refractivity contribution in [3.63, 3.8) is 0 Å². The van der Waals surface area contributed by atoms with Crippen molar-refractivity contribution in [1.82, 2.24) is 0 Å². The zero-order chi connectivity index (χ0) is 17.4. The van der Waals surface area contributed by atoms with E-state index >= 15 is 0 Å². The number of hydrogen-bond donors (Lipinski definition) is 1. The van der Waals surface area contributed by atoms with Gasteiger partial charge in [0.2, 0.25) is 5.91 Å². The lowest BCUT2D eigenvalue weighted by Crippen LogP contribution is -2.42. The maximum Gasteiger partial charge on any atom is 0.221 e. The van der Waals surface area contributed by atoms with Crippen molar-refractivity contribution in [2.45, 2.75) is 59.4 Å². The van der Waals surface area contributed by atoms with E-state index in [1.54, 1.807) is 6.92 Å². The molecule has 1 amide bonds. The van der Waals surface area contributed by atoms with Crippen molar-refractivity contribution in [1.29, 1.82) is 0 Å². The fourth-order valence-electron chi connectivity index (χ4n) is 2.79. The van der Waals surface area contributed by atoms with Crippen molar-refractivity contribution in [3.8, 4) is 11.5 Å². The second-order valence-electron chi connectivity index (χ2n) is 8.24. The number of carbonyl (C=O) groups is 1. The minimum atomic E-state index is -1.69. The maximum absolute atomic E-state index is 11.7. The highest BCUT2D eigenvalue weighted by molar-refractivity contribution is 6.90. The number of benzene rings is 1. The van der Waals surface area contributed by atoms with Gasteiger partial charge in [0.15, 0.2) is 0 Å². The predicted octanol–water partition coefficient (Wildman–Crippen LogP) is 3.45.